The van der Waals surface area contributed by atoms with Crippen molar-refractivity contribution in [1.29, 1.82) is 0 Å². The maximum Gasteiger partial charge on any atom is 0.123 e. The van der Waals surface area contributed by atoms with Crippen molar-refractivity contribution in [3.63, 3.8) is 0 Å². The van der Waals surface area contributed by atoms with Gasteiger partial charge in [0.05, 0.1) is 13.2 Å². The fourth-order valence-corrected chi connectivity index (χ4v) is 4.65. The summed E-state index contributed by atoms with van der Waals surface area (Å²) >= 11 is 0. The molecule has 1 aromatic rings. The first-order chi connectivity index (χ1) is 17.3. The van der Waals surface area contributed by atoms with E-state index in [9.17, 15) is 0 Å². The Morgan fingerprint density at radius 3 is 1.09 bits per heavy atom. The minimum absolute atomic E-state index is 0.518. The van der Waals surface area contributed by atoms with E-state index in [1.165, 1.54) is 122 Å². The summed E-state index contributed by atoms with van der Waals surface area (Å²) < 4.78 is 12.1. The Labute approximate surface area is 218 Å². The van der Waals surface area contributed by atoms with Crippen LogP contribution in [0, 0.1) is 0 Å². The molecule has 0 unspecified atom stereocenters. The zero-order valence-electron chi connectivity index (χ0n) is 23.6. The number of rotatable bonds is 26. The van der Waals surface area contributed by atoms with E-state index in [1.807, 2.05) is 6.07 Å². The van der Waals surface area contributed by atoms with Crippen molar-refractivity contribution in [1.82, 2.24) is 0 Å². The predicted molar refractivity (Wildman–Crippen MR) is 154 cm³/mol. The van der Waals surface area contributed by atoms with Crippen molar-refractivity contribution in [2.75, 3.05) is 13.2 Å². The lowest BCUT2D eigenvalue weighted by Gasteiger charge is -2.12. The number of ether oxygens (including phenoxy) is 2. The Morgan fingerprint density at radius 1 is 0.457 bits per heavy atom. The lowest BCUT2D eigenvalue weighted by molar-refractivity contribution is 0.289. The topological polar surface area (TPSA) is 44.5 Å². The van der Waals surface area contributed by atoms with Crippen LogP contribution in [0.5, 0.6) is 11.5 Å². The summed E-state index contributed by atoms with van der Waals surface area (Å²) in [7, 11) is 0. The molecule has 0 saturated carbocycles. The second-order valence-corrected chi connectivity index (χ2v) is 10.4. The SMILES string of the molecule is CCCCCCCCCCCCCCOc1cc(CN)cc(OCCCCCCCCCCC)c1. The monoisotopic (exact) mass is 489 g/mol. The van der Waals surface area contributed by atoms with E-state index in [0.29, 0.717) is 6.54 Å². The molecule has 0 bridgehead atoms. The standard InChI is InChI=1S/C32H59NO2/c1-3-5-7-9-11-13-14-15-17-19-21-23-25-35-32-27-30(29-33)26-31(28-32)34-24-22-20-18-16-12-10-8-6-4-2/h26-28H,3-25,29,33H2,1-2H3. The van der Waals surface area contributed by atoms with Gasteiger partial charge in [0.1, 0.15) is 11.5 Å². The maximum absolute atomic E-state index is 6.05. The summed E-state index contributed by atoms with van der Waals surface area (Å²) in [6, 6.07) is 6.16. The van der Waals surface area contributed by atoms with Crippen LogP contribution in [-0.4, -0.2) is 13.2 Å². The van der Waals surface area contributed by atoms with Crippen LogP contribution in [0.3, 0.4) is 0 Å². The zero-order valence-corrected chi connectivity index (χ0v) is 23.6. The van der Waals surface area contributed by atoms with Crippen LogP contribution in [0.1, 0.15) is 154 Å². The summed E-state index contributed by atoms with van der Waals surface area (Å²) in [6.45, 7) is 6.64. The molecule has 3 heteroatoms. The zero-order chi connectivity index (χ0) is 25.2. The van der Waals surface area contributed by atoms with Gasteiger partial charge in [-0.3, -0.25) is 0 Å². The van der Waals surface area contributed by atoms with Crippen molar-refractivity contribution in [2.45, 2.75) is 155 Å². The van der Waals surface area contributed by atoms with Gasteiger partial charge in [-0.15, -0.1) is 0 Å². The molecule has 1 aromatic carbocycles. The van der Waals surface area contributed by atoms with Gasteiger partial charge in [0.25, 0.3) is 0 Å². The lowest BCUT2D eigenvalue weighted by Crippen LogP contribution is -2.03. The molecule has 0 aliphatic carbocycles. The number of hydrogen-bond donors (Lipinski definition) is 1. The highest BCUT2D eigenvalue weighted by Gasteiger charge is 2.03. The van der Waals surface area contributed by atoms with Crippen LogP contribution in [0.15, 0.2) is 18.2 Å². The molecule has 0 spiro atoms. The summed E-state index contributed by atoms with van der Waals surface area (Å²) in [6.07, 6.45) is 28.3. The predicted octanol–water partition coefficient (Wildman–Crippen LogP) is 10.1. The van der Waals surface area contributed by atoms with Gasteiger partial charge in [-0.1, -0.05) is 136 Å². The third-order valence-electron chi connectivity index (χ3n) is 6.96. The van der Waals surface area contributed by atoms with Gasteiger partial charge in [-0.25, -0.2) is 0 Å². The van der Waals surface area contributed by atoms with E-state index < -0.39 is 0 Å². The van der Waals surface area contributed by atoms with Crippen LogP contribution >= 0.6 is 0 Å². The third kappa shape index (κ3) is 19.6. The number of nitrogens with two attached hydrogens (primary N) is 1. The quantitative estimate of drug-likeness (QED) is 0.132. The third-order valence-corrected chi connectivity index (χ3v) is 6.96. The molecule has 1 rings (SSSR count). The molecule has 0 radical (unpaired) electrons. The number of benzene rings is 1. The lowest BCUT2D eigenvalue weighted by atomic mass is 10.1. The molecule has 3 nitrogen and oxygen atoms in total. The normalized spacial score (nSPS) is 11.2. The Morgan fingerprint density at radius 2 is 0.771 bits per heavy atom. The summed E-state index contributed by atoms with van der Waals surface area (Å²) in [5.74, 6) is 1.80. The van der Waals surface area contributed by atoms with Crippen LogP contribution in [0.25, 0.3) is 0 Å². The molecule has 0 saturated heterocycles. The summed E-state index contributed by atoms with van der Waals surface area (Å²) in [4.78, 5) is 0. The van der Waals surface area contributed by atoms with Crippen LogP contribution in [-0.2, 0) is 6.54 Å². The molecule has 0 atom stereocenters. The molecule has 0 fully saturated rings. The van der Waals surface area contributed by atoms with Gasteiger partial charge < -0.3 is 15.2 Å². The minimum Gasteiger partial charge on any atom is -0.493 e. The first-order valence-corrected chi connectivity index (χ1v) is 15.4. The Hall–Kier alpha value is -1.22. The van der Waals surface area contributed by atoms with Crippen molar-refractivity contribution < 1.29 is 9.47 Å². The second kappa shape index (κ2) is 24.5. The average Bonchev–Trinajstić information content (AvgIpc) is 2.87. The Balaban J connectivity index is 2.07. The first kappa shape index (κ1) is 31.8. The van der Waals surface area contributed by atoms with Gasteiger partial charge in [0, 0.05) is 12.6 Å². The smallest absolute Gasteiger partial charge is 0.123 e. The Kier molecular flexibility index (Phi) is 22.2. The largest absolute Gasteiger partial charge is 0.493 e. The number of unbranched alkanes of at least 4 members (excludes halogenated alkanes) is 19. The van der Waals surface area contributed by atoms with Crippen molar-refractivity contribution in [3.05, 3.63) is 23.8 Å². The molecule has 0 aliphatic heterocycles. The minimum atomic E-state index is 0.518. The van der Waals surface area contributed by atoms with E-state index >= 15 is 0 Å². The van der Waals surface area contributed by atoms with Crippen LogP contribution < -0.4 is 15.2 Å². The molecule has 0 heterocycles. The highest BCUT2D eigenvalue weighted by Crippen LogP contribution is 2.24. The fourth-order valence-electron chi connectivity index (χ4n) is 4.65. The van der Waals surface area contributed by atoms with E-state index in [0.717, 1.165) is 43.1 Å². The first-order valence-electron chi connectivity index (χ1n) is 15.4. The summed E-state index contributed by atoms with van der Waals surface area (Å²) in [5, 5.41) is 0. The van der Waals surface area contributed by atoms with Crippen molar-refractivity contribution >= 4 is 0 Å². The molecule has 0 amide bonds. The molecule has 2 N–H and O–H groups in total. The van der Waals surface area contributed by atoms with E-state index in [-0.39, 0.29) is 0 Å². The molecule has 35 heavy (non-hydrogen) atoms. The second-order valence-electron chi connectivity index (χ2n) is 10.4. The van der Waals surface area contributed by atoms with E-state index in [1.54, 1.807) is 0 Å². The highest BCUT2D eigenvalue weighted by molar-refractivity contribution is 5.38. The molecule has 0 aliphatic rings. The average molecular weight is 490 g/mol. The van der Waals surface area contributed by atoms with Gasteiger partial charge in [0.15, 0.2) is 0 Å². The van der Waals surface area contributed by atoms with Gasteiger partial charge in [0.2, 0.25) is 0 Å². The van der Waals surface area contributed by atoms with Crippen LogP contribution in [0.4, 0.5) is 0 Å². The molecule has 204 valence electrons. The molecular weight excluding hydrogens is 430 g/mol. The van der Waals surface area contributed by atoms with E-state index in [2.05, 4.69) is 26.0 Å². The number of hydrogen-bond acceptors (Lipinski definition) is 3. The Bertz CT molecular complexity index is 575. The van der Waals surface area contributed by atoms with Crippen molar-refractivity contribution in [2.24, 2.45) is 5.73 Å². The van der Waals surface area contributed by atoms with Crippen molar-refractivity contribution in [3.8, 4) is 11.5 Å². The van der Waals surface area contributed by atoms with Gasteiger partial charge >= 0.3 is 0 Å². The fraction of sp³-hybridized carbons (Fsp3) is 0.812. The molecular formula is C32H59NO2. The maximum atomic E-state index is 6.05. The van der Waals surface area contributed by atoms with E-state index in [4.69, 9.17) is 15.2 Å². The van der Waals surface area contributed by atoms with Gasteiger partial charge in [-0.05, 0) is 30.5 Å². The van der Waals surface area contributed by atoms with Crippen LogP contribution in [0.2, 0.25) is 0 Å². The molecule has 0 aromatic heterocycles. The highest BCUT2D eigenvalue weighted by atomic mass is 16.5. The van der Waals surface area contributed by atoms with Gasteiger partial charge in [-0.2, -0.15) is 0 Å². The summed E-state index contributed by atoms with van der Waals surface area (Å²) in [5.41, 5.74) is 6.99.